The summed E-state index contributed by atoms with van der Waals surface area (Å²) in [6.07, 6.45) is 8.66. The van der Waals surface area contributed by atoms with E-state index in [0.29, 0.717) is 6.04 Å². The van der Waals surface area contributed by atoms with Crippen LogP contribution in [0.1, 0.15) is 45.6 Å². The molecule has 1 N–H and O–H groups in total. The van der Waals surface area contributed by atoms with E-state index in [1.54, 1.807) is 0 Å². The molecule has 1 aromatic heterocycles. The molecule has 2 unspecified atom stereocenters. The molecular formula is C16H32N4. The summed E-state index contributed by atoms with van der Waals surface area (Å²) >= 11 is 0. The predicted octanol–water partition coefficient (Wildman–Crippen LogP) is 2.45. The fourth-order valence-electron chi connectivity index (χ4n) is 2.74. The maximum Gasteiger partial charge on any atom is 0.0521 e. The molecule has 2 atom stereocenters. The minimum Gasteiger partial charge on any atom is -0.312 e. The average molecular weight is 280 g/mol. The molecule has 0 aliphatic rings. The number of hydrogen-bond acceptors (Lipinski definition) is 3. The Hall–Kier alpha value is -0.870. The molecule has 0 aliphatic carbocycles. The largest absolute Gasteiger partial charge is 0.312 e. The maximum absolute atomic E-state index is 4.26. The van der Waals surface area contributed by atoms with Gasteiger partial charge < -0.3 is 10.2 Å². The van der Waals surface area contributed by atoms with E-state index in [1.807, 2.05) is 17.9 Å². The van der Waals surface area contributed by atoms with Crippen molar-refractivity contribution in [1.82, 2.24) is 20.0 Å². The van der Waals surface area contributed by atoms with Crippen LogP contribution in [-0.4, -0.2) is 46.9 Å². The van der Waals surface area contributed by atoms with Crippen LogP contribution in [0.5, 0.6) is 0 Å². The van der Waals surface area contributed by atoms with Crippen LogP contribution in [0, 0.1) is 0 Å². The third kappa shape index (κ3) is 4.32. The molecule has 1 rings (SSSR count). The first kappa shape index (κ1) is 17.2. The van der Waals surface area contributed by atoms with Gasteiger partial charge in [0.1, 0.15) is 0 Å². The van der Waals surface area contributed by atoms with Crippen LogP contribution in [0.4, 0.5) is 0 Å². The lowest BCUT2D eigenvalue weighted by Gasteiger charge is -2.43. The highest BCUT2D eigenvalue weighted by Gasteiger charge is 2.33. The number of nitrogens with one attached hydrogen (secondary N) is 1. The summed E-state index contributed by atoms with van der Waals surface area (Å²) in [4.78, 5) is 2.36. The Morgan fingerprint density at radius 3 is 2.55 bits per heavy atom. The molecule has 20 heavy (non-hydrogen) atoms. The van der Waals surface area contributed by atoms with E-state index in [0.717, 1.165) is 25.8 Å². The summed E-state index contributed by atoms with van der Waals surface area (Å²) in [6.45, 7) is 7.96. The van der Waals surface area contributed by atoms with Gasteiger partial charge in [-0.15, -0.1) is 0 Å². The Morgan fingerprint density at radius 1 is 1.40 bits per heavy atom. The number of nitrogens with zero attached hydrogens (tertiary/aromatic N) is 3. The van der Waals surface area contributed by atoms with E-state index in [2.05, 4.69) is 56.4 Å². The van der Waals surface area contributed by atoms with Crippen molar-refractivity contribution in [2.75, 3.05) is 20.6 Å². The number of aryl methyl sites for hydroxylation is 2. The van der Waals surface area contributed by atoms with E-state index in [9.17, 15) is 0 Å². The van der Waals surface area contributed by atoms with Crippen molar-refractivity contribution in [2.45, 2.75) is 58.0 Å². The predicted molar refractivity (Wildman–Crippen MR) is 86.0 cm³/mol. The molecule has 116 valence electrons. The molecule has 4 nitrogen and oxygen atoms in total. The van der Waals surface area contributed by atoms with Crippen LogP contribution in [0.2, 0.25) is 0 Å². The highest BCUT2D eigenvalue weighted by molar-refractivity contribution is 5.05. The van der Waals surface area contributed by atoms with Crippen molar-refractivity contribution < 1.29 is 0 Å². The van der Waals surface area contributed by atoms with Crippen LogP contribution < -0.4 is 5.32 Å². The number of rotatable bonds is 9. The summed E-state index contributed by atoms with van der Waals surface area (Å²) < 4.78 is 1.88. The molecule has 0 amide bonds. The first-order valence-electron chi connectivity index (χ1n) is 7.82. The van der Waals surface area contributed by atoms with Gasteiger partial charge in [0.05, 0.1) is 6.20 Å². The lowest BCUT2D eigenvalue weighted by atomic mass is 9.84. The molecule has 0 saturated heterocycles. The van der Waals surface area contributed by atoms with Crippen molar-refractivity contribution in [1.29, 1.82) is 0 Å². The highest BCUT2D eigenvalue weighted by atomic mass is 15.2. The zero-order valence-corrected chi connectivity index (χ0v) is 14.1. The van der Waals surface area contributed by atoms with Crippen molar-refractivity contribution >= 4 is 0 Å². The van der Waals surface area contributed by atoms with Gasteiger partial charge in [-0.25, -0.2) is 0 Å². The molecule has 0 saturated carbocycles. The zero-order valence-electron chi connectivity index (χ0n) is 14.1. The van der Waals surface area contributed by atoms with Gasteiger partial charge >= 0.3 is 0 Å². The molecule has 0 fully saturated rings. The molecule has 0 aliphatic heterocycles. The topological polar surface area (TPSA) is 33.1 Å². The molecule has 1 aromatic rings. The first-order valence-corrected chi connectivity index (χ1v) is 7.82. The van der Waals surface area contributed by atoms with Crippen LogP contribution in [-0.2, 0) is 13.5 Å². The molecule has 4 heteroatoms. The van der Waals surface area contributed by atoms with Crippen molar-refractivity contribution in [2.24, 2.45) is 7.05 Å². The average Bonchev–Trinajstić information content (AvgIpc) is 2.83. The molecule has 0 aromatic carbocycles. The quantitative estimate of drug-likeness (QED) is 0.754. The smallest absolute Gasteiger partial charge is 0.0521 e. The van der Waals surface area contributed by atoms with Gasteiger partial charge in [0.25, 0.3) is 0 Å². The summed E-state index contributed by atoms with van der Waals surface area (Å²) in [5, 5.41) is 8.01. The monoisotopic (exact) mass is 280 g/mol. The van der Waals surface area contributed by atoms with E-state index in [-0.39, 0.29) is 5.54 Å². The third-order valence-electron chi connectivity index (χ3n) is 4.61. The molecule has 0 spiro atoms. The fourth-order valence-corrected chi connectivity index (χ4v) is 2.74. The summed E-state index contributed by atoms with van der Waals surface area (Å²) in [7, 11) is 6.36. The van der Waals surface area contributed by atoms with Gasteiger partial charge in [-0.3, -0.25) is 4.68 Å². The third-order valence-corrected chi connectivity index (χ3v) is 4.61. The summed E-state index contributed by atoms with van der Waals surface area (Å²) in [5.74, 6) is 0. The van der Waals surface area contributed by atoms with Crippen molar-refractivity contribution in [3.63, 3.8) is 0 Å². The zero-order chi connectivity index (χ0) is 15.2. The normalized spacial score (nSPS) is 16.4. The lowest BCUT2D eigenvalue weighted by Crippen LogP contribution is -2.57. The molecule has 1 heterocycles. The molecular weight excluding hydrogens is 248 g/mol. The van der Waals surface area contributed by atoms with E-state index < -0.39 is 0 Å². The minimum absolute atomic E-state index is 0.192. The van der Waals surface area contributed by atoms with Crippen molar-refractivity contribution in [3.05, 3.63) is 18.0 Å². The van der Waals surface area contributed by atoms with Crippen LogP contribution in [0.3, 0.4) is 0 Å². The lowest BCUT2D eigenvalue weighted by molar-refractivity contribution is 0.108. The van der Waals surface area contributed by atoms with Gasteiger partial charge in [-0.2, -0.15) is 5.10 Å². The summed E-state index contributed by atoms with van der Waals surface area (Å²) in [6, 6.07) is 0.502. The Balaban J connectivity index is 2.72. The second kappa shape index (κ2) is 7.79. The minimum atomic E-state index is 0.192. The Bertz CT molecular complexity index is 386. The second-order valence-electron chi connectivity index (χ2n) is 6.17. The van der Waals surface area contributed by atoms with E-state index in [4.69, 9.17) is 0 Å². The van der Waals surface area contributed by atoms with Gasteiger partial charge in [0.15, 0.2) is 0 Å². The van der Waals surface area contributed by atoms with E-state index in [1.165, 1.54) is 12.0 Å². The van der Waals surface area contributed by atoms with Crippen LogP contribution in [0.15, 0.2) is 12.4 Å². The second-order valence-corrected chi connectivity index (χ2v) is 6.17. The molecule has 0 radical (unpaired) electrons. The fraction of sp³-hybridized carbons (Fsp3) is 0.812. The maximum atomic E-state index is 4.26. The highest BCUT2D eigenvalue weighted by Crippen LogP contribution is 2.24. The molecule has 0 bridgehead atoms. The van der Waals surface area contributed by atoms with Gasteiger partial charge in [-0.1, -0.05) is 13.8 Å². The number of aromatic nitrogens is 2. The van der Waals surface area contributed by atoms with E-state index >= 15 is 0 Å². The van der Waals surface area contributed by atoms with Gasteiger partial charge in [-0.05, 0) is 58.8 Å². The Morgan fingerprint density at radius 2 is 2.10 bits per heavy atom. The Labute approximate surface area is 124 Å². The van der Waals surface area contributed by atoms with Crippen molar-refractivity contribution in [3.8, 4) is 0 Å². The Kier molecular flexibility index (Phi) is 6.69. The summed E-state index contributed by atoms with van der Waals surface area (Å²) in [5.41, 5.74) is 1.52. The SMILES string of the molecule is CCCNC(CCc1cnn(C)c1)C(C)(CC)N(C)C. The first-order chi connectivity index (χ1) is 9.43. The standard InChI is InChI=1S/C16H32N4/c1-7-11-17-15(16(3,8-2)19(4)5)10-9-14-12-18-20(6)13-14/h12-13,15,17H,7-11H2,1-6H3. The number of hydrogen-bond donors (Lipinski definition) is 1. The van der Waals surface area contributed by atoms with Crippen LogP contribution in [0.25, 0.3) is 0 Å². The van der Waals surface area contributed by atoms with Crippen LogP contribution >= 0.6 is 0 Å². The van der Waals surface area contributed by atoms with Gasteiger partial charge in [0.2, 0.25) is 0 Å². The number of likely N-dealkylation sites (N-methyl/N-ethyl adjacent to an activating group) is 1. The van der Waals surface area contributed by atoms with Gasteiger partial charge in [0, 0.05) is 24.8 Å².